The van der Waals surface area contributed by atoms with Gasteiger partial charge in [0, 0.05) is 7.11 Å². The largest absolute Gasteiger partial charge is 0.382 e. The number of methoxy groups -OCH3 is 1. The summed E-state index contributed by atoms with van der Waals surface area (Å²) in [6, 6.07) is 0. The van der Waals surface area contributed by atoms with Gasteiger partial charge in [0.2, 0.25) is 10.0 Å². The van der Waals surface area contributed by atoms with E-state index >= 15 is 0 Å². The maximum Gasteiger partial charge on any atom is 0.243 e. The summed E-state index contributed by atoms with van der Waals surface area (Å²) in [7, 11) is -1.81. The van der Waals surface area contributed by atoms with Crippen LogP contribution in [0.4, 0.5) is 0 Å². The first-order valence-corrected chi connectivity index (χ1v) is 5.56. The molecule has 7 heteroatoms. The Bertz CT molecular complexity index is 181. The number of hydrogen-bond acceptors (Lipinski definition) is 4. The normalized spacial score (nSPS) is 11.8. The van der Waals surface area contributed by atoms with Crippen molar-refractivity contribution in [2.75, 3.05) is 25.0 Å². The van der Waals surface area contributed by atoms with Crippen molar-refractivity contribution in [1.82, 2.24) is 4.89 Å². The summed E-state index contributed by atoms with van der Waals surface area (Å²) >= 11 is 2.78. The molecule has 0 heterocycles. The van der Waals surface area contributed by atoms with Crippen molar-refractivity contribution in [3.8, 4) is 0 Å². The SMILES string of the molecule is COCCONS(=O)(=O)CBr. The minimum atomic E-state index is -3.31. The zero-order valence-corrected chi connectivity index (χ0v) is 8.44. The molecule has 1 N–H and O–H groups in total. The Morgan fingerprint density at radius 2 is 2.09 bits per heavy atom. The predicted octanol–water partition coefficient (Wildman–Crippen LogP) is -0.164. The lowest BCUT2D eigenvalue weighted by Crippen LogP contribution is -2.26. The van der Waals surface area contributed by atoms with Gasteiger partial charge in [-0.1, -0.05) is 20.8 Å². The van der Waals surface area contributed by atoms with Crippen molar-refractivity contribution in [2.45, 2.75) is 0 Å². The maximum atomic E-state index is 10.6. The van der Waals surface area contributed by atoms with E-state index in [2.05, 4.69) is 25.5 Å². The zero-order valence-electron chi connectivity index (χ0n) is 6.04. The van der Waals surface area contributed by atoms with Gasteiger partial charge in [0.05, 0.1) is 13.2 Å². The van der Waals surface area contributed by atoms with E-state index in [9.17, 15) is 8.42 Å². The molecule has 0 aromatic heterocycles. The van der Waals surface area contributed by atoms with Crippen LogP contribution >= 0.6 is 15.9 Å². The van der Waals surface area contributed by atoms with Gasteiger partial charge in [-0.2, -0.15) is 0 Å². The standard InChI is InChI=1S/C4H10BrNO4S/c1-9-2-3-10-6-11(7,8)4-5/h6H,2-4H2,1H3. The molecule has 0 fully saturated rings. The van der Waals surface area contributed by atoms with Crippen molar-refractivity contribution in [1.29, 1.82) is 0 Å². The lowest BCUT2D eigenvalue weighted by Gasteiger charge is -2.02. The van der Waals surface area contributed by atoms with Crippen LogP contribution in [0.25, 0.3) is 0 Å². The van der Waals surface area contributed by atoms with E-state index < -0.39 is 10.0 Å². The number of rotatable bonds is 6. The minimum Gasteiger partial charge on any atom is -0.382 e. The van der Waals surface area contributed by atoms with Crippen LogP contribution in [-0.4, -0.2) is 33.4 Å². The molecule has 0 unspecified atom stereocenters. The van der Waals surface area contributed by atoms with Gasteiger partial charge >= 0.3 is 0 Å². The molecule has 0 radical (unpaired) electrons. The first-order valence-electron chi connectivity index (χ1n) is 2.78. The van der Waals surface area contributed by atoms with Crippen LogP contribution in [0.15, 0.2) is 0 Å². The summed E-state index contributed by atoms with van der Waals surface area (Å²) in [6.07, 6.45) is 0. The van der Waals surface area contributed by atoms with E-state index in [4.69, 9.17) is 0 Å². The third kappa shape index (κ3) is 6.70. The number of hydrogen-bond donors (Lipinski definition) is 1. The highest BCUT2D eigenvalue weighted by molar-refractivity contribution is 9.10. The van der Waals surface area contributed by atoms with E-state index in [1.165, 1.54) is 7.11 Å². The molecule has 0 aromatic carbocycles. The van der Waals surface area contributed by atoms with E-state index in [0.717, 1.165) is 0 Å². The second kappa shape index (κ2) is 5.90. The van der Waals surface area contributed by atoms with Gasteiger partial charge in [0.15, 0.2) is 0 Å². The van der Waals surface area contributed by atoms with Crippen molar-refractivity contribution < 1.29 is 18.0 Å². The molecule has 0 aliphatic rings. The molecule has 0 aromatic rings. The Morgan fingerprint density at radius 1 is 1.45 bits per heavy atom. The van der Waals surface area contributed by atoms with Gasteiger partial charge in [-0.15, -0.1) is 0 Å². The summed E-state index contributed by atoms with van der Waals surface area (Å²) in [6.45, 7) is 0.549. The molecule has 68 valence electrons. The van der Waals surface area contributed by atoms with Crippen LogP contribution < -0.4 is 4.89 Å². The number of alkyl halides is 1. The summed E-state index contributed by atoms with van der Waals surface area (Å²) < 4.78 is 25.7. The minimum absolute atomic E-state index is 0.174. The predicted molar refractivity (Wildman–Crippen MR) is 43.7 cm³/mol. The fourth-order valence-corrected chi connectivity index (χ4v) is 0.867. The molecule has 0 rings (SSSR count). The maximum absolute atomic E-state index is 10.6. The fraction of sp³-hybridized carbons (Fsp3) is 1.00. The molecule has 0 atom stereocenters. The first kappa shape index (κ1) is 11.3. The molecule has 0 saturated carbocycles. The highest BCUT2D eigenvalue weighted by Crippen LogP contribution is 1.89. The molecule has 0 spiro atoms. The van der Waals surface area contributed by atoms with Gasteiger partial charge in [-0.3, -0.25) is 4.84 Å². The monoisotopic (exact) mass is 247 g/mol. The van der Waals surface area contributed by atoms with Crippen molar-refractivity contribution >= 4 is 26.0 Å². The average Bonchev–Trinajstić information content (AvgIpc) is 1.99. The van der Waals surface area contributed by atoms with E-state index in [-0.39, 0.29) is 11.3 Å². The van der Waals surface area contributed by atoms with Crippen LogP contribution in [0.2, 0.25) is 0 Å². The van der Waals surface area contributed by atoms with Crippen LogP contribution in [-0.2, 0) is 19.6 Å². The van der Waals surface area contributed by atoms with Crippen molar-refractivity contribution in [3.05, 3.63) is 0 Å². The Labute approximate surface area is 74.2 Å². The number of nitrogens with one attached hydrogen (secondary N) is 1. The molecule has 0 saturated heterocycles. The number of sulfonamides is 1. The fourth-order valence-electron chi connectivity index (χ4n) is 0.279. The lowest BCUT2D eigenvalue weighted by molar-refractivity contribution is 0.0441. The quantitative estimate of drug-likeness (QED) is 0.403. The molecule has 0 aliphatic carbocycles. The second-order valence-electron chi connectivity index (χ2n) is 1.65. The molecule has 11 heavy (non-hydrogen) atoms. The van der Waals surface area contributed by atoms with Crippen molar-refractivity contribution in [3.63, 3.8) is 0 Å². The van der Waals surface area contributed by atoms with Gasteiger partial charge in [0.1, 0.15) is 4.66 Å². The summed E-state index contributed by atoms with van der Waals surface area (Å²) in [4.78, 5) is 6.43. The third-order valence-electron chi connectivity index (χ3n) is 0.719. The van der Waals surface area contributed by atoms with Crippen LogP contribution in [0, 0.1) is 0 Å². The van der Waals surface area contributed by atoms with Gasteiger partial charge in [0.25, 0.3) is 0 Å². The first-order chi connectivity index (χ1) is 5.12. The summed E-state index contributed by atoms with van der Waals surface area (Å²) in [5.41, 5.74) is 0. The van der Waals surface area contributed by atoms with Crippen LogP contribution in [0.3, 0.4) is 0 Å². The smallest absolute Gasteiger partial charge is 0.243 e. The Morgan fingerprint density at radius 3 is 2.55 bits per heavy atom. The average molecular weight is 248 g/mol. The van der Waals surface area contributed by atoms with Crippen LogP contribution in [0.5, 0.6) is 0 Å². The summed E-state index contributed by atoms with van der Waals surface area (Å²) in [5.74, 6) is 0. The van der Waals surface area contributed by atoms with Crippen molar-refractivity contribution in [2.24, 2.45) is 0 Å². The Balaban J connectivity index is 3.39. The molecular formula is C4H10BrNO4S. The lowest BCUT2D eigenvalue weighted by atomic mass is 10.8. The van der Waals surface area contributed by atoms with Gasteiger partial charge in [-0.25, -0.2) is 8.42 Å². The van der Waals surface area contributed by atoms with Gasteiger partial charge < -0.3 is 4.74 Å². The zero-order chi connectivity index (χ0) is 8.74. The van der Waals surface area contributed by atoms with E-state index in [1.54, 1.807) is 0 Å². The molecule has 0 aliphatic heterocycles. The highest BCUT2D eigenvalue weighted by atomic mass is 79.9. The second-order valence-corrected chi connectivity index (χ2v) is 4.64. The third-order valence-corrected chi connectivity index (χ3v) is 3.19. The Hall–Kier alpha value is 0.310. The highest BCUT2D eigenvalue weighted by Gasteiger charge is 2.05. The number of halogens is 1. The van der Waals surface area contributed by atoms with E-state index in [1.807, 2.05) is 4.89 Å². The molecule has 0 bridgehead atoms. The molecule has 5 nitrogen and oxygen atoms in total. The summed E-state index contributed by atoms with van der Waals surface area (Å²) in [5, 5.41) is 0. The Kier molecular flexibility index (Phi) is 6.06. The topological polar surface area (TPSA) is 64.6 Å². The van der Waals surface area contributed by atoms with E-state index in [0.29, 0.717) is 6.61 Å². The van der Waals surface area contributed by atoms with Crippen LogP contribution in [0.1, 0.15) is 0 Å². The van der Waals surface area contributed by atoms with Gasteiger partial charge in [-0.05, 0) is 0 Å². The number of ether oxygens (including phenoxy) is 1. The molecular weight excluding hydrogens is 238 g/mol. The molecule has 0 amide bonds.